The average molecular weight is 468 g/mol. The number of H-pyrrole nitrogens is 1. The summed E-state index contributed by atoms with van der Waals surface area (Å²) < 4.78 is 11.3. The molecule has 0 radical (unpaired) electrons. The molecule has 2 aliphatic heterocycles. The Labute approximate surface area is 200 Å². The number of pyridine rings is 1. The van der Waals surface area contributed by atoms with Crippen LogP contribution >= 0.6 is 0 Å². The van der Waals surface area contributed by atoms with Crippen molar-refractivity contribution >= 4 is 28.9 Å². The smallest absolute Gasteiger partial charge is 0.347 e. The van der Waals surface area contributed by atoms with Crippen LogP contribution in [-0.2, 0) is 19.1 Å². The van der Waals surface area contributed by atoms with Crippen LogP contribution in [-0.4, -0.2) is 96.4 Å². The van der Waals surface area contributed by atoms with E-state index in [1.807, 2.05) is 17.0 Å². The molecule has 0 saturated carbocycles. The first-order chi connectivity index (χ1) is 16.4. The number of ether oxygens (including phenoxy) is 2. The van der Waals surface area contributed by atoms with Crippen LogP contribution < -0.4 is 0 Å². The van der Waals surface area contributed by atoms with Gasteiger partial charge >= 0.3 is 5.97 Å². The highest BCUT2D eigenvalue weighted by Crippen LogP contribution is 2.33. The van der Waals surface area contributed by atoms with E-state index in [0.29, 0.717) is 25.0 Å². The van der Waals surface area contributed by atoms with Crippen molar-refractivity contribution in [1.82, 2.24) is 24.7 Å². The first kappa shape index (κ1) is 24.0. The fourth-order valence-electron chi connectivity index (χ4n) is 4.41. The van der Waals surface area contributed by atoms with Crippen LogP contribution in [0.15, 0.2) is 41.7 Å². The topological polar surface area (TPSA) is 91.0 Å². The molecule has 4 heterocycles. The summed E-state index contributed by atoms with van der Waals surface area (Å²) in [7, 11) is 6.30. The third-order valence-corrected chi connectivity index (χ3v) is 6.40. The maximum atomic E-state index is 13.2. The minimum absolute atomic E-state index is 0.0227. The highest BCUT2D eigenvalue weighted by molar-refractivity contribution is 6.26. The standard InChI is InChI=1S/C25H33N5O4/c1-5-33-25(32)21-22(31)20(15-17-16-27-23-19(17)7-6-10-26-23)34-24(21)30-11-8-18(9-12-30)29(4)14-13-28(2)3/h6-7,10,15-16,18H,5,8-9,11-14H2,1-4H3,(H,26,27). The molecule has 0 spiro atoms. The number of hydrogen-bond donors (Lipinski definition) is 1. The summed E-state index contributed by atoms with van der Waals surface area (Å²) in [5, 5.41) is 0.874. The zero-order valence-corrected chi connectivity index (χ0v) is 20.3. The van der Waals surface area contributed by atoms with E-state index in [1.54, 1.807) is 25.4 Å². The molecular formula is C25H33N5O4. The van der Waals surface area contributed by atoms with Gasteiger partial charge in [-0.2, -0.15) is 0 Å². The number of aromatic nitrogens is 2. The quantitative estimate of drug-likeness (QED) is 0.359. The van der Waals surface area contributed by atoms with Gasteiger partial charge in [0.25, 0.3) is 0 Å². The van der Waals surface area contributed by atoms with Crippen molar-refractivity contribution in [3.8, 4) is 0 Å². The van der Waals surface area contributed by atoms with Gasteiger partial charge in [-0.1, -0.05) is 0 Å². The molecule has 0 unspecified atom stereocenters. The van der Waals surface area contributed by atoms with Gasteiger partial charge in [0.05, 0.1) is 6.61 Å². The summed E-state index contributed by atoms with van der Waals surface area (Å²) in [4.78, 5) is 39.9. The Hall–Kier alpha value is -3.17. The predicted molar refractivity (Wildman–Crippen MR) is 130 cm³/mol. The fourth-order valence-corrected chi connectivity index (χ4v) is 4.41. The number of Topliss-reactive ketones (excluding diaryl/α,β-unsaturated/α-hetero) is 1. The molecule has 182 valence electrons. The van der Waals surface area contributed by atoms with Gasteiger partial charge in [0.15, 0.2) is 11.3 Å². The van der Waals surface area contributed by atoms with E-state index in [-0.39, 0.29) is 17.9 Å². The summed E-state index contributed by atoms with van der Waals surface area (Å²) in [5.41, 5.74) is 1.47. The first-order valence-electron chi connectivity index (χ1n) is 11.8. The number of likely N-dealkylation sites (N-methyl/N-ethyl adjacent to an activating group) is 2. The van der Waals surface area contributed by atoms with E-state index < -0.39 is 11.8 Å². The second-order valence-corrected chi connectivity index (χ2v) is 8.99. The zero-order chi connectivity index (χ0) is 24.2. The second kappa shape index (κ2) is 10.4. The number of nitrogens with one attached hydrogen (secondary N) is 1. The molecule has 2 aliphatic rings. The van der Waals surface area contributed by atoms with Crippen molar-refractivity contribution in [3.05, 3.63) is 47.3 Å². The lowest BCUT2D eigenvalue weighted by Crippen LogP contribution is -2.45. The summed E-state index contributed by atoms with van der Waals surface area (Å²) in [6, 6.07) is 4.21. The van der Waals surface area contributed by atoms with E-state index in [1.165, 1.54) is 0 Å². The first-order valence-corrected chi connectivity index (χ1v) is 11.8. The zero-order valence-electron chi connectivity index (χ0n) is 20.3. The van der Waals surface area contributed by atoms with Gasteiger partial charge in [-0.05, 0) is 59.1 Å². The molecule has 0 aromatic carbocycles. The van der Waals surface area contributed by atoms with Crippen molar-refractivity contribution < 1.29 is 19.1 Å². The minimum Gasteiger partial charge on any atom is -0.462 e. The highest BCUT2D eigenvalue weighted by Gasteiger charge is 2.40. The lowest BCUT2D eigenvalue weighted by atomic mass is 10.0. The molecule has 9 nitrogen and oxygen atoms in total. The number of hydrogen-bond acceptors (Lipinski definition) is 8. The Morgan fingerprint density at radius 3 is 2.76 bits per heavy atom. The number of rotatable bonds is 8. The van der Waals surface area contributed by atoms with Crippen LogP contribution in [0.4, 0.5) is 0 Å². The number of fused-ring (bicyclic) bond motifs is 1. The van der Waals surface area contributed by atoms with Crippen LogP contribution in [0.25, 0.3) is 17.1 Å². The number of esters is 1. The maximum Gasteiger partial charge on any atom is 0.347 e. The van der Waals surface area contributed by atoms with E-state index in [0.717, 1.165) is 42.5 Å². The van der Waals surface area contributed by atoms with Gasteiger partial charge in [-0.15, -0.1) is 0 Å². The van der Waals surface area contributed by atoms with Crippen LogP contribution in [0.2, 0.25) is 0 Å². The number of carbonyl (C=O) groups excluding carboxylic acids is 2. The van der Waals surface area contributed by atoms with E-state index in [9.17, 15) is 9.59 Å². The van der Waals surface area contributed by atoms with Gasteiger partial charge in [-0.3, -0.25) is 4.79 Å². The maximum absolute atomic E-state index is 13.2. The minimum atomic E-state index is -0.642. The molecular weight excluding hydrogens is 434 g/mol. The molecule has 0 atom stereocenters. The molecule has 1 fully saturated rings. The predicted octanol–water partition coefficient (Wildman–Crippen LogP) is 2.24. The Kier molecular flexibility index (Phi) is 7.33. The molecule has 34 heavy (non-hydrogen) atoms. The monoisotopic (exact) mass is 467 g/mol. The van der Waals surface area contributed by atoms with Crippen LogP contribution in [0, 0.1) is 0 Å². The number of allylic oxidation sites excluding steroid dienone is 1. The Balaban J connectivity index is 1.54. The average Bonchev–Trinajstić information content (AvgIpc) is 3.39. The van der Waals surface area contributed by atoms with Gasteiger partial charge in [-0.25, -0.2) is 9.78 Å². The van der Waals surface area contributed by atoms with Gasteiger partial charge in [0.1, 0.15) is 5.65 Å². The second-order valence-electron chi connectivity index (χ2n) is 8.99. The number of piperidine rings is 1. The summed E-state index contributed by atoms with van der Waals surface area (Å²) in [6.07, 6.45) is 6.99. The molecule has 1 saturated heterocycles. The van der Waals surface area contributed by atoms with Crippen LogP contribution in [0.5, 0.6) is 0 Å². The molecule has 1 N–H and O–H groups in total. The van der Waals surface area contributed by atoms with Crippen molar-refractivity contribution in [3.63, 3.8) is 0 Å². The molecule has 9 heteroatoms. The molecule has 4 rings (SSSR count). The number of carbonyl (C=O) groups is 2. The van der Waals surface area contributed by atoms with Gasteiger partial charge in [0, 0.05) is 55.6 Å². The summed E-state index contributed by atoms with van der Waals surface area (Å²) >= 11 is 0. The van der Waals surface area contributed by atoms with Crippen molar-refractivity contribution in [2.45, 2.75) is 25.8 Å². The Morgan fingerprint density at radius 2 is 2.06 bits per heavy atom. The Bertz CT molecular complexity index is 1110. The Morgan fingerprint density at radius 1 is 1.29 bits per heavy atom. The highest BCUT2D eigenvalue weighted by atomic mass is 16.5. The van der Waals surface area contributed by atoms with E-state index in [2.05, 4.69) is 40.9 Å². The lowest BCUT2D eigenvalue weighted by Gasteiger charge is -2.38. The lowest BCUT2D eigenvalue weighted by molar-refractivity contribution is -0.139. The molecule has 0 aliphatic carbocycles. The van der Waals surface area contributed by atoms with Crippen molar-refractivity contribution in [1.29, 1.82) is 0 Å². The van der Waals surface area contributed by atoms with E-state index >= 15 is 0 Å². The van der Waals surface area contributed by atoms with Gasteiger partial charge < -0.3 is 29.2 Å². The number of ketones is 1. The van der Waals surface area contributed by atoms with Crippen LogP contribution in [0.1, 0.15) is 25.3 Å². The number of nitrogens with zero attached hydrogens (tertiary/aromatic N) is 4. The summed E-state index contributed by atoms with van der Waals surface area (Å²) in [5.74, 6) is -0.663. The third kappa shape index (κ3) is 5.00. The normalized spacial score (nSPS) is 18.6. The molecule has 0 bridgehead atoms. The van der Waals surface area contributed by atoms with Crippen molar-refractivity contribution in [2.24, 2.45) is 0 Å². The fraction of sp³-hybridized carbons (Fsp3) is 0.480. The molecule has 2 aromatic heterocycles. The SMILES string of the molecule is CCOC(=O)C1=C(N2CCC(N(C)CCN(C)C)CC2)OC(=Cc2c[nH]c3ncccc23)C1=O. The van der Waals surface area contributed by atoms with Crippen molar-refractivity contribution in [2.75, 3.05) is 53.9 Å². The molecule has 2 aromatic rings. The van der Waals surface area contributed by atoms with E-state index in [4.69, 9.17) is 9.47 Å². The number of likely N-dealkylation sites (tertiary alicyclic amines) is 1. The largest absolute Gasteiger partial charge is 0.462 e. The van der Waals surface area contributed by atoms with Crippen LogP contribution in [0.3, 0.4) is 0 Å². The summed E-state index contributed by atoms with van der Waals surface area (Å²) in [6.45, 7) is 5.32. The van der Waals surface area contributed by atoms with Gasteiger partial charge in [0.2, 0.25) is 11.7 Å². The number of aromatic amines is 1. The third-order valence-electron chi connectivity index (χ3n) is 6.40. The molecule has 0 amide bonds.